The van der Waals surface area contributed by atoms with Gasteiger partial charge in [-0.3, -0.25) is 9.59 Å². The lowest BCUT2D eigenvalue weighted by atomic mass is 10.3. The number of nitrogens with one attached hydrogen (secondary N) is 2. The molecule has 0 bridgehead atoms. The molecule has 4 atom stereocenters. The average molecular weight is 1010 g/mol. The van der Waals surface area contributed by atoms with E-state index in [-0.39, 0.29) is 63.7 Å². The van der Waals surface area contributed by atoms with Crippen LogP contribution in [-0.2, 0) is 87.7 Å². The van der Waals surface area contributed by atoms with Crippen molar-refractivity contribution >= 4 is 103 Å². The number of esters is 2. The first kappa shape index (κ1) is 57.5. The Balaban J connectivity index is 5.35. The largest absolute Gasteiger partial charge is 0.438 e. The third-order valence-electron chi connectivity index (χ3n) is 5.73. The number of carbonyl (C=O) groups is 4. The molecule has 31 heteroatoms. The molecule has 4 unspecified atom stereocenters. The van der Waals surface area contributed by atoms with Crippen molar-refractivity contribution < 1.29 is 95.5 Å². The zero-order chi connectivity index (χ0) is 45.1. The number of carbonyl (C=O) groups excluding carboxylic acids is 4. The summed E-state index contributed by atoms with van der Waals surface area (Å²) in [4.78, 5) is 48.3. The molecule has 0 heterocycles. The second kappa shape index (κ2) is 30.5. The Labute approximate surface area is 359 Å². The standard InChI is InChI=1S/C28H52N2O21S8/c1-21(54-58(5,39)40)12-26(32)49-18-45-16-24(47-20-51-28(34)30-22(2)55-59(6,41)42)14-43-13-23(46-19-50-27(33)29-9-11-53-57(4,37)38)15-44-17-48-25(31)8-7-10-52-56(3,35)36/h21-24H,7-20H2,1-6H3,(H,29,33)(H,30,34). The zero-order valence-corrected chi connectivity index (χ0v) is 39.6. The minimum absolute atomic E-state index is 0.0292. The highest BCUT2D eigenvalue weighted by molar-refractivity contribution is 8.72. The molecule has 2 N–H and O–H groups in total. The summed E-state index contributed by atoms with van der Waals surface area (Å²) in [6.07, 6.45) is 0.0146. The average Bonchev–Trinajstić information content (AvgIpc) is 3.05. The van der Waals surface area contributed by atoms with E-state index >= 15 is 0 Å². The van der Waals surface area contributed by atoms with Gasteiger partial charge < -0.3 is 53.3 Å². The fourth-order valence-electron chi connectivity index (χ4n) is 3.58. The molecule has 0 aromatic heterocycles. The second-order valence-electron chi connectivity index (χ2n) is 11.7. The van der Waals surface area contributed by atoms with Gasteiger partial charge in [0, 0.05) is 54.7 Å². The van der Waals surface area contributed by atoms with E-state index in [9.17, 15) is 52.8 Å². The van der Waals surface area contributed by atoms with Crippen LogP contribution in [0.3, 0.4) is 0 Å². The zero-order valence-electron chi connectivity index (χ0n) is 33.0. The summed E-state index contributed by atoms with van der Waals surface area (Å²) < 4.78 is 138. The number of alkyl carbamates (subject to hydrolysis) is 2. The summed E-state index contributed by atoms with van der Waals surface area (Å²) in [5.41, 5.74) is 0. The summed E-state index contributed by atoms with van der Waals surface area (Å²) in [6, 6.07) is 0. The highest BCUT2D eigenvalue weighted by Gasteiger charge is 2.20. The van der Waals surface area contributed by atoms with Gasteiger partial charge in [-0.25, -0.2) is 43.3 Å². The van der Waals surface area contributed by atoms with Crippen molar-refractivity contribution in [2.45, 2.75) is 55.9 Å². The van der Waals surface area contributed by atoms with E-state index in [4.69, 9.17) is 42.6 Å². The highest BCUT2D eigenvalue weighted by atomic mass is 33.2. The first-order valence-corrected chi connectivity index (χ1v) is 30.2. The van der Waals surface area contributed by atoms with Crippen LogP contribution in [0.4, 0.5) is 9.59 Å². The van der Waals surface area contributed by atoms with Crippen LogP contribution in [0.25, 0.3) is 0 Å². The molecule has 0 aliphatic carbocycles. The molecular formula is C28H52N2O21S8. The monoisotopic (exact) mass is 1010 g/mol. The second-order valence-corrected chi connectivity index (χ2v) is 30.4. The van der Waals surface area contributed by atoms with Crippen LogP contribution in [0, 0.1) is 0 Å². The molecule has 0 radical (unpaired) electrons. The van der Waals surface area contributed by atoms with Gasteiger partial charge in [0.25, 0.3) is 0 Å². The van der Waals surface area contributed by atoms with E-state index in [1.54, 1.807) is 0 Å². The van der Waals surface area contributed by atoms with Crippen LogP contribution >= 0.6 is 43.2 Å². The summed E-state index contributed by atoms with van der Waals surface area (Å²) in [5.74, 6) is -1.16. The maximum absolute atomic E-state index is 12.1. The van der Waals surface area contributed by atoms with Crippen molar-refractivity contribution in [2.24, 2.45) is 0 Å². The summed E-state index contributed by atoms with van der Waals surface area (Å²) in [7, 11) is -11.1. The lowest BCUT2D eigenvalue weighted by Gasteiger charge is -2.21. The molecular weight excluding hydrogens is 957 g/mol. The number of rotatable bonds is 34. The van der Waals surface area contributed by atoms with Gasteiger partial charge >= 0.3 is 24.1 Å². The molecule has 59 heavy (non-hydrogen) atoms. The van der Waals surface area contributed by atoms with Crippen molar-refractivity contribution in [1.29, 1.82) is 0 Å². The first-order valence-electron chi connectivity index (χ1n) is 16.8. The molecule has 23 nitrogen and oxygen atoms in total. The van der Waals surface area contributed by atoms with Gasteiger partial charge in [-0.2, -0.15) is 0 Å². The lowest BCUT2D eigenvalue weighted by Crippen LogP contribution is -2.35. The Morgan fingerprint density at radius 1 is 0.559 bits per heavy atom. The minimum atomic E-state index is -3.48. The molecule has 0 aliphatic rings. The Morgan fingerprint density at radius 2 is 1.03 bits per heavy atom. The molecule has 0 aromatic rings. The van der Waals surface area contributed by atoms with Crippen LogP contribution in [0.15, 0.2) is 0 Å². The summed E-state index contributed by atoms with van der Waals surface area (Å²) in [6.45, 7) is -0.658. The number of ether oxygens (including phenoxy) is 9. The molecule has 0 fully saturated rings. The maximum Gasteiger partial charge on any atom is 0.410 e. The molecule has 2 amide bonds. The van der Waals surface area contributed by atoms with Gasteiger partial charge in [0.1, 0.15) is 12.2 Å². The number of hydrogen-bond donors (Lipinski definition) is 2. The molecule has 0 rings (SSSR count). The predicted octanol–water partition coefficient (Wildman–Crippen LogP) is 0.851. The van der Waals surface area contributed by atoms with E-state index < -0.39 is 110 Å². The highest BCUT2D eigenvalue weighted by Crippen LogP contribution is 2.20. The third-order valence-corrected chi connectivity index (χ3v) is 16.5. The molecule has 0 saturated heterocycles. The smallest absolute Gasteiger partial charge is 0.410 e. The van der Waals surface area contributed by atoms with Gasteiger partial charge in [0.05, 0.1) is 38.2 Å². The molecule has 0 spiro atoms. The van der Waals surface area contributed by atoms with Crippen LogP contribution < -0.4 is 10.6 Å². The molecule has 0 aromatic carbocycles. The third kappa shape index (κ3) is 40.3. The van der Waals surface area contributed by atoms with Crippen molar-refractivity contribution in [3.8, 4) is 0 Å². The van der Waals surface area contributed by atoms with E-state index in [1.165, 1.54) is 13.8 Å². The predicted molar refractivity (Wildman–Crippen MR) is 220 cm³/mol. The fraction of sp³-hybridized carbons (Fsp3) is 0.857. The van der Waals surface area contributed by atoms with Crippen molar-refractivity contribution in [1.82, 2.24) is 10.6 Å². The van der Waals surface area contributed by atoms with Gasteiger partial charge in [-0.05, 0) is 56.5 Å². The fourth-order valence-corrected chi connectivity index (χ4v) is 12.2. The van der Waals surface area contributed by atoms with Crippen LogP contribution in [0.5, 0.6) is 0 Å². The Morgan fingerprint density at radius 3 is 1.54 bits per heavy atom. The summed E-state index contributed by atoms with van der Waals surface area (Å²) in [5, 5.41) is 3.17. The van der Waals surface area contributed by atoms with E-state index in [2.05, 4.69) is 10.6 Å². The molecule has 0 aliphatic heterocycles. The van der Waals surface area contributed by atoms with Gasteiger partial charge in [-0.1, -0.05) is 6.92 Å². The Hall–Kier alpha value is -1.52. The topological polar surface area (TPSA) is 312 Å². The van der Waals surface area contributed by atoms with Crippen LogP contribution in [0.2, 0.25) is 0 Å². The van der Waals surface area contributed by atoms with Gasteiger partial charge in [-0.15, -0.1) is 0 Å². The van der Waals surface area contributed by atoms with E-state index in [1.807, 2.05) is 0 Å². The van der Waals surface area contributed by atoms with Crippen molar-refractivity contribution in [2.75, 3.05) is 96.7 Å². The normalized spacial score (nSPS) is 14.3. The Kier molecular flexibility index (Phi) is 29.7. The van der Waals surface area contributed by atoms with E-state index in [0.29, 0.717) is 43.2 Å². The van der Waals surface area contributed by atoms with E-state index in [0.717, 1.165) is 25.0 Å². The number of amides is 2. The van der Waals surface area contributed by atoms with Crippen molar-refractivity contribution in [3.63, 3.8) is 0 Å². The van der Waals surface area contributed by atoms with Crippen molar-refractivity contribution in [3.05, 3.63) is 0 Å². The summed E-state index contributed by atoms with van der Waals surface area (Å²) >= 11 is 0. The number of hydrogen-bond acceptors (Lipinski definition) is 25. The molecule has 0 saturated carbocycles. The van der Waals surface area contributed by atoms with Crippen LogP contribution in [-0.4, -0.2) is 177 Å². The lowest BCUT2D eigenvalue weighted by molar-refractivity contribution is -0.171. The SMILES string of the molecule is CC(CC(=O)OCOCC(COCC(COCOC(=O)CCCSS(C)(=O)=O)OCOC(=O)NCCSS(C)(=O)=O)OCOC(=O)NC(C)SS(C)(=O)=O)SS(C)(=O)=O. The molecule has 348 valence electrons. The van der Waals surface area contributed by atoms with Gasteiger partial charge in [0.2, 0.25) is 8.87 Å². The first-order chi connectivity index (χ1) is 27.2. The quantitative estimate of drug-likeness (QED) is 0.0297. The van der Waals surface area contributed by atoms with Gasteiger partial charge in [0.15, 0.2) is 53.8 Å². The minimum Gasteiger partial charge on any atom is -0.438 e. The Bertz CT molecular complexity index is 1720. The maximum atomic E-state index is 12.1. The van der Waals surface area contributed by atoms with Crippen LogP contribution in [0.1, 0.15) is 33.1 Å².